The molecule has 11 heavy (non-hydrogen) atoms. The topological polar surface area (TPSA) is 18.5 Å². The van der Waals surface area contributed by atoms with Gasteiger partial charge in [0.05, 0.1) is 5.88 Å². The van der Waals surface area contributed by atoms with Gasteiger partial charge in [-0.15, -0.1) is 11.6 Å². The van der Waals surface area contributed by atoms with Crippen molar-refractivity contribution in [2.45, 2.75) is 33.0 Å². The molecule has 0 amide bonds. The van der Waals surface area contributed by atoms with E-state index in [1.165, 1.54) is 0 Å². The molecule has 0 N–H and O–H groups in total. The summed E-state index contributed by atoms with van der Waals surface area (Å²) < 4.78 is 10.6. The molecule has 0 fully saturated rings. The average Bonchev–Trinajstić information content (AvgIpc) is 2.05. The van der Waals surface area contributed by atoms with Gasteiger partial charge in [-0.25, -0.2) is 0 Å². The fourth-order valence-electron chi connectivity index (χ4n) is 0.636. The van der Waals surface area contributed by atoms with Gasteiger partial charge in [0.2, 0.25) is 0 Å². The highest BCUT2D eigenvalue weighted by atomic mass is 35.5. The third kappa shape index (κ3) is 6.60. The second-order valence-electron chi connectivity index (χ2n) is 2.33. The highest BCUT2D eigenvalue weighted by molar-refractivity contribution is 6.18. The lowest BCUT2D eigenvalue weighted by atomic mass is 10.5. The van der Waals surface area contributed by atoms with E-state index in [4.69, 9.17) is 21.1 Å². The van der Waals surface area contributed by atoms with Gasteiger partial charge in [0, 0.05) is 13.2 Å². The SMILES string of the molecule is CCCOC(CCl)OCCC. The molecule has 0 aliphatic heterocycles. The predicted octanol–water partition coefficient (Wildman–Crippen LogP) is 2.40. The van der Waals surface area contributed by atoms with Crippen molar-refractivity contribution >= 4 is 11.6 Å². The van der Waals surface area contributed by atoms with Crippen molar-refractivity contribution in [3.05, 3.63) is 0 Å². The first-order valence-electron chi connectivity index (χ1n) is 4.14. The van der Waals surface area contributed by atoms with Crippen molar-refractivity contribution in [3.8, 4) is 0 Å². The van der Waals surface area contributed by atoms with E-state index in [0.717, 1.165) is 26.1 Å². The molecule has 0 aromatic heterocycles. The highest BCUT2D eigenvalue weighted by Crippen LogP contribution is 1.99. The quantitative estimate of drug-likeness (QED) is 0.443. The molecule has 0 aliphatic rings. The van der Waals surface area contributed by atoms with Crippen molar-refractivity contribution < 1.29 is 9.47 Å². The molecule has 0 unspecified atom stereocenters. The van der Waals surface area contributed by atoms with Crippen LogP contribution in [-0.2, 0) is 9.47 Å². The van der Waals surface area contributed by atoms with E-state index in [-0.39, 0.29) is 6.29 Å². The molecular weight excluding hydrogens is 164 g/mol. The molecule has 0 saturated heterocycles. The molecule has 0 spiro atoms. The normalized spacial score (nSPS) is 10.9. The van der Waals surface area contributed by atoms with Crippen LogP contribution >= 0.6 is 11.6 Å². The Balaban J connectivity index is 3.25. The maximum absolute atomic E-state index is 5.59. The molecule has 3 heteroatoms. The fraction of sp³-hybridized carbons (Fsp3) is 1.00. The van der Waals surface area contributed by atoms with Crippen LogP contribution in [0.25, 0.3) is 0 Å². The molecule has 0 aromatic carbocycles. The van der Waals surface area contributed by atoms with Crippen molar-refractivity contribution in [1.29, 1.82) is 0 Å². The van der Waals surface area contributed by atoms with Crippen molar-refractivity contribution in [2.75, 3.05) is 19.1 Å². The van der Waals surface area contributed by atoms with Gasteiger partial charge in [-0.05, 0) is 12.8 Å². The van der Waals surface area contributed by atoms with Crippen molar-refractivity contribution in [3.63, 3.8) is 0 Å². The van der Waals surface area contributed by atoms with E-state index in [1.54, 1.807) is 0 Å². The van der Waals surface area contributed by atoms with Crippen LogP contribution in [0, 0.1) is 0 Å². The summed E-state index contributed by atoms with van der Waals surface area (Å²) in [6, 6.07) is 0. The summed E-state index contributed by atoms with van der Waals surface area (Å²) in [5.41, 5.74) is 0. The van der Waals surface area contributed by atoms with Crippen LogP contribution in [0.4, 0.5) is 0 Å². The van der Waals surface area contributed by atoms with Crippen molar-refractivity contribution in [1.82, 2.24) is 0 Å². The van der Waals surface area contributed by atoms with Gasteiger partial charge in [0.25, 0.3) is 0 Å². The maximum atomic E-state index is 5.59. The molecule has 2 nitrogen and oxygen atoms in total. The lowest BCUT2D eigenvalue weighted by Crippen LogP contribution is -2.19. The second-order valence-corrected chi connectivity index (χ2v) is 2.63. The Hall–Kier alpha value is 0.210. The zero-order valence-corrected chi connectivity index (χ0v) is 8.06. The smallest absolute Gasteiger partial charge is 0.170 e. The first-order valence-corrected chi connectivity index (χ1v) is 4.67. The zero-order chi connectivity index (χ0) is 8.53. The van der Waals surface area contributed by atoms with E-state index < -0.39 is 0 Å². The van der Waals surface area contributed by atoms with Gasteiger partial charge < -0.3 is 9.47 Å². The Labute approximate surface area is 73.8 Å². The van der Waals surface area contributed by atoms with Crippen LogP contribution in [0.3, 0.4) is 0 Å². The van der Waals surface area contributed by atoms with Crippen LogP contribution in [0.5, 0.6) is 0 Å². The average molecular weight is 181 g/mol. The van der Waals surface area contributed by atoms with Gasteiger partial charge in [0.15, 0.2) is 6.29 Å². The van der Waals surface area contributed by atoms with E-state index in [2.05, 4.69) is 13.8 Å². The van der Waals surface area contributed by atoms with Crippen molar-refractivity contribution in [2.24, 2.45) is 0 Å². The Morgan fingerprint density at radius 1 is 1.09 bits per heavy atom. The number of halogens is 1. The van der Waals surface area contributed by atoms with Crippen LogP contribution in [-0.4, -0.2) is 25.4 Å². The zero-order valence-electron chi connectivity index (χ0n) is 7.31. The van der Waals surface area contributed by atoms with E-state index >= 15 is 0 Å². The minimum Gasteiger partial charge on any atom is -0.351 e. The molecule has 68 valence electrons. The third-order valence-corrected chi connectivity index (χ3v) is 1.39. The lowest BCUT2D eigenvalue weighted by molar-refractivity contribution is -0.127. The molecule has 0 saturated carbocycles. The summed E-state index contributed by atoms with van der Waals surface area (Å²) in [5.74, 6) is 0.417. The lowest BCUT2D eigenvalue weighted by Gasteiger charge is -2.14. The van der Waals surface area contributed by atoms with E-state index in [9.17, 15) is 0 Å². The number of ether oxygens (including phenoxy) is 2. The van der Waals surface area contributed by atoms with E-state index in [0.29, 0.717) is 5.88 Å². The number of hydrogen-bond acceptors (Lipinski definition) is 2. The minimum atomic E-state index is -0.212. The van der Waals surface area contributed by atoms with Crippen LogP contribution in [0.1, 0.15) is 26.7 Å². The first kappa shape index (κ1) is 11.2. The maximum Gasteiger partial charge on any atom is 0.170 e. The third-order valence-electron chi connectivity index (χ3n) is 1.14. The van der Waals surface area contributed by atoms with Gasteiger partial charge in [-0.1, -0.05) is 13.8 Å². The summed E-state index contributed by atoms with van der Waals surface area (Å²) in [4.78, 5) is 0. The first-order chi connectivity index (χ1) is 5.35. The standard InChI is InChI=1S/C8H17ClO2/c1-3-5-10-8(7-9)11-6-4-2/h8H,3-7H2,1-2H3. The summed E-state index contributed by atoms with van der Waals surface area (Å²) >= 11 is 5.59. The predicted molar refractivity (Wildman–Crippen MR) is 47.0 cm³/mol. The number of rotatable bonds is 7. The second kappa shape index (κ2) is 8.31. The molecule has 0 atom stereocenters. The van der Waals surface area contributed by atoms with Gasteiger partial charge in [-0.2, -0.15) is 0 Å². The number of alkyl halides is 1. The summed E-state index contributed by atoms with van der Waals surface area (Å²) in [7, 11) is 0. The fourth-order valence-corrected chi connectivity index (χ4v) is 0.814. The largest absolute Gasteiger partial charge is 0.351 e. The van der Waals surface area contributed by atoms with Crippen LogP contribution in [0.15, 0.2) is 0 Å². The Kier molecular flexibility index (Phi) is 8.47. The number of hydrogen-bond donors (Lipinski definition) is 0. The Morgan fingerprint density at radius 3 is 1.82 bits per heavy atom. The Bertz CT molecular complexity index is 70.5. The molecule has 0 bridgehead atoms. The van der Waals surface area contributed by atoms with Gasteiger partial charge in [-0.3, -0.25) is 0 Å². The Morgan fingerprint density at radius 2 is 1.55 bits per heavy atom. The van der Waals surface area contributed by atoms with Gasteiger partial charge in [0.1, 0.15) is 0 Å². The summed E-state index contributed by atoms with van der Waals surface area (Å²) in [6.45, 7) is 5.57. The highest BCUT2D eigenvalue weighted by Gasteiger charge is 2.05. The van der Waals surface area contributed by atoms with Gasteiger partial charge >= 0.3 is 0 Å². The molecular formula is C8H17ClO2. The molecule has 0 radical (unpaired) electrons. The summed E-state index contributed by atoms with van der Waals surface area (Å²) in [6.07, 6.45) is 1.79. The molecule has 0 rings (SSSR count). The molecule has 0 aromatic rings. The van der Waals surface area contributed by atoms with Crippen LogP contribution < -0.4 is 0 Å². The molecule has 0 aliphatic carbocycles. The summed E-state index contributed by atoms with van der Waals surface area (Å²) in [5, 5.41) is 0. The minimum absolute atomic E-state index is 0.212. The van der Waals surface area contributed by atoms with Crippen LogP contribution in [0.2, 0.25) is 0 Å². The molecule has 0 heterocycles. The van der Waals surface area contributed by atoms with E-state index in [1.807, 2.05) is 0 Å². The monoisotopic (exact) mass is 180 g/mol.